The number of amides is 1. The first-order valence-corrected chi connectivity index (χ1v) is 8.00. The number of hydrogen-bond donors (Lipinski definition) is 1. The second kappa shape index (κ2) is 7.17. The van der Waals surface area contributed by atoms with Gasteiger partial charge in [-0.15, -0.1) is 0 Å². The number of benzene rings is 1. The molecule has 1 aromatic heterocycles. The number of para-hydroxylation sites is 1. The predicted molar refractivity (Wildman–Crippen MR) is 97.6 cm³/mol. The molecule has 1 saturated heterocycles. The van der Waals surface area contributed by atoms with Crippen molar-refractivity contribution in [1.82, 2.24) is 9.88 Å². The Labute approximate surface area is 146 Å². The number of pyridine rings is 1. The fourth-order valence-corrected chi connectivity index (χ4v) is 2.69. The fraction of sp³-hybridized carbons (Fsp3) is 0.211. The van der Waals surface area contributed by atoms with E-state index in [0.29, 0.717) is 24.5 Å². The molecule has 1 aliphatic heterocycles. The van der Waals surface area contributed by atoms with Crippen molar-refractivity contribution in [3.05, 3.63) is 66.1 Å². The highest BCUT2D eigenvalue weighted by Gasteiger charge is 2.26. The monoisotopic (exact) mass is 336 g/mol. The second-order valence-corrected chi connectivity index (χ2v) is 6.12. The van der Waals surface area contributed by atoms with Crippen molar-refractivity contribution < 1.29 is 9.59 Å². The van der Waals surface area contributed by atoms with E-state index in [4.69, 9.17) is 0 Å². The Kier molecular flexibility index (Phi) is 4.79. The van der Waals surface area contributed by atoms with Crippen molar-refractivity contribution in [2.75, 3.05) is 37.4 Å². The molecular formula is C19H20N4O2. The Morgan fingerprint density at radius 2 is 1.96 bits per heavy atom. The largest absolute Gasteiger partial charge is 0.383 e. The van der Waals surface area contributed by atoms with Gasteiger partial charge in [0.15, 0.2) is 5.78 Å². The molecule has 3 rings (SSSR count). The summed E-state index contributed by atoms with van der Waals surface area (Å²) in [4.78, 5) is 32.5. The van der Waals surface area contributed by atoms with Crippen LogP contribution in [0, 0.1) is 0 Å². The fourth-order valence-electron chi connectivity index (χ4n) is 2.69. The van der Waals surface area contributed by atoms with Gasteiger partial charge < -0.3 is 15.1 Å². The van der Waals surface area contributed by atoms with Crippen LogP contribution in [-0.4, -0.2) is 48.8 Å². The molecule has 1 aliphatic rings. The average molecular weight is 336 g/mol. The van der Waals surface area contributed by atoms with Crippen LogP contribution < -0.4 is 10.2 Å². The number of anilines is 2. The molecule has 128 valence electrons. The van der Waals surface area contributed by atoms with Gasteiger partial charge in [0.05, 0.1) is 6.54 Å². The molecule has 6 heteroatoms. The van der Waals surface area contributed by atoms with E-state index in [-0.39, 0.29) is 11.7 Å². The normalized spacial score (nSPS) is 15.5. The standard InChI is InChI=1S/C19H20N4O2/c1-22(2)11-14-12-23(13-18(14)24)16-8-9-20-17(10-16)19(25)21-15-6-4-3-5-7-15/h3-11H,12-13H2,1-2H3,(H,21,25)/b14-11+. The molecule has 0 aliphatic carbocycles. The molecule has 1 N–H and O–H groups in total. The van der Waals surface area contributed by atoms with E-state index in [2.05, 4.69) is 10.3 Å². The maximum atomic E-state index is 12.4. The molecule has 0 radical (unpaired) electrons. The zero-order chi connectivity index (χ0) is 17.8. The van der Waals surface area contributed by atoms with Gasteiger partial charge in [-0.1, -0.05) is 18.2 Å². The molecule has 0 saturated carbocycles. The Hall–Kier alpha value is -3.15. The van der Waals surface area contributed by atoms with Crippen LogP contribution >= 0.6 is 0 Å². The van der Waals surface area contributed by atoms with E-state index >= 15 is 0 Å². The number of carbonyl (C=O) groups excluding carboxylic acids is 2. The number of Topliss-reactive ketones (excluding diaryl/α,β-unsaturated/α-hetero) is 1. The molecule has 2 heterocycles. The van der Waals surface area contributed by atoms with Gasteiger partial charge in [-0.05, 0) is 24.3 Å². The summed E-state index contributed by atoms with van der Waals surface area (Å²) in [6, 6.07) is 12.8. The van der Waals surface area contributed by atoms with Gasteiger partial charge in [-0.2, -0.15) is 0 Å². The number of nitrogens with one attached hydrogen (secondary N) is 1. The van der Waals surface area contributed by atoms with Crippen molar-refractivity contribution in [3.8, 4) is 0 Å². The van der Waals surface area contributed by atoms with E-state index in [0.717, 1.165) is 11.3 Å². The van der Waals surface area contributed by atoms with Gasteiger partial charge in [-0.25, -0.2) is 0 Å². The zero-order valence-electron chi connectivity index (χ0n) is 14.3. The molecule has 0 unspecified atom stereocenters. The number of hydrogen-bond acceptors (Lipinski definition) is 5. The van der Waals surface area contributed by atoms with Crippen LogP contribution in [0.5, 0.6) is 0 Å². The van der Waals surface area contributed by atoms with Gasteiger partial charge >= 0.3 is 0 Å². The van der Waals surface area contributed by atoms with Crippen LogP contribution in [0.15, 0.2) is 60.4 Å². The minimum Gasteiger partial charge on any atom is -0.383 e. The van der Waals surface area contributed by atoms with Crippen LogP contribution in [0.25, 0.3) is 0 Å². The lowest BCUT2D eigenvalue weighted by atomic mass is 10.2. The Morgan fingerprint density at radius 3 is 2.68 bits per heavy atom. The van der Waals surface area contributed by atoms with Crippen molar-refractivity contribution in [3.63, 3.8) is 0 Å². The maximum absolute atomic E-state index is 12.4. The van der Waals surface area contributed by atoms with Crippen molar-refractivity contribution >= 4 is 23.1 Å². The minimum atomic E-state index is -0.275. The first-order chi connectivity index (χ1) is 12.0. The van der Waals surface area contributed by atoms with Gasteiger partial charge in [0.2, 0.25) is 0 Å². The summed E-state index contributed by atoms with van der Waals surface area (Å²) in [6.45, 7) is 0.838. The second-order valence-electron chi connectivity index (χ2n) is 6.12. The van der Waals surface area contributed by atoms with Crippen molar-refractivity contribution in [2.24, 2.45) is 0 Å². The van der Waals surface area contributed by atoms with Gasteiger partial charge in [-0.3, -0.25) is 14.6 Å². The molecule has 1 amide bonds. The lowest BCUT2D eigenvalue weighted by molar-refractivity contribution is -0.113. The number of carbonyl (C=O) groups is 2. The predicted octanol–water partition coefficient (Wildman–Crippen LogP) is 2.17. The lowest BCUT2D eigenvalue weighted by Crippen LogP contribution is -2.21. The molecule has 0 spiro atoms. The summed E-state index contributed by atoms with van der Waals surface area (Å²) in [7, 11) is 3.78. The highest BCUT2D eigenvalue weighted by molar-refractivity contribution is 6.04. The Bertz CT molecular complexity index is 815. The number of rotatable bonds is 4. The Balaban J connectivity index is 1.76. The molecule has 1 fully saturated rings. The first-order valence-electron chi connectivity index (χ1n) is 8.00. The van der Waals surface area contributed by atoms with Crippen LogP contribution in [0.4, 0.5) is 11.4 Å². The first kappa shape index (κ1) is 16.7. The van der Waals surface area contributed by atoms with Crippen LogP contribution in [0.2, 0.25) is 0 Å². The summed E-state index contributed by atoms with van der Waals surface area (Å²) < 4.78 is 0. The summed E-state index contributed by atoms with van der Waals surface area (Å²) >= 11 is 0. The highest BCUT2D eigenvalue weighted by atomic mass is 16.2. The summed E-state index contributed by atoms with van der Waals surface area (Å²) in [5.74, 6) is -0.177. The van der Waals surface area contributed by atoms with E-state index in [9.17, 15) is 9.59 Å². The summed E-state index contributed by atoms with van der Waals surface area (Å²) in [5, 5.41) is 2.81. The lowest BCUT2D eigenvalue weighted by Gasteiger charge is -2.17. The van der Waals surface area contributed by atoms with Crippen LogP contribution in [-0.2, 0) is 4.79 Å². The van der Waals surface area contributed by atoms with Crippen LogP contribution in [0.1, 0.15) is 10.5 Å². The topological polar surface area (TPSA) is 65.5 Å². The molecule has 1 aromatic carbocycles. The van der Waals surface area contributed by atoms with Gasteiger partial charge in [0, 0.05) is 50.0 Å². The summed E-state index contributed by atoms with van der Waals surface area (Å²) in [5.41, 5.74) is 2.60. The number of nitrogens with zero attached hydrogens (tertiary/aromatic N) is 3. The summed E-state index contributed by atoms with van der Waals surface area (Å²) in [6.07, 6.45) is 3.43. The van der Waals surface area contributed by atoms with E-state index in [1.165, 1.54) is 0 Å². The van der Waals surface area contributed by atoms with Crippen molar-refractivity contribution in [1.29, 1.82) is 0 Å². The third-order valence-corrected chi connectivity index (χ3v) is 3.84. The van der Waals surface area contributed by atoms with E-state index in [1.54, 1.807) is 12.3 Å². The van der Waals surface area contributed by atoms with Gasteiger partial charge in [0.1, 0.15) is 5.69 Å². The maximum Gasteiger partial charge on any atom is 0.274 e. The van der Waals surface area contributed by atoms with E-state index in [1.807, 2.05) is 66.5 Å². The smallest absolute Gasteiger partial charge is 0.274 e. The van der Waals surface area contributed by atoms with Crippen molar-refractivity contribution in [2.45, 2.75) is 0 Å². The third kappa shape index (κ3) is 4.03. The Morgan fingerprint density at radius 1 is 1.20 bits per heavy atom. The van der Waals surface area contributed by atoms with Gasteiger partial charge in [0.25, 0.3) is 5.91 Å². The molecular weight excluding hydrogens is 316 g/mol. The molecule has 0 atom stereocenters. The average Bonchev–Trinajstić information content (AvgIpc) is 2.96. The SMILES string of the molecule is CN(C)/C=C1\CN(c2ccnc(C(=O)Nc3ccccc3)c2)CC1=O. The molecule has 2 aromatic rings. The number of aromatic nitrogens is 1. The quantitative estimate of drug-likeness (QED) is 0.867. The third-order valence-electron chi connectivity index (χ3n) is 3.84. The minimum absolute atomic E-state index is 0.0980. The van der Waals surface area contributed by atoms with Crippen LogP contribution in [0.3, 0.4) is 0 Å². The highest BCUT2D eigenvalue weighted by Crippen LogP contribution is 2.22. The molecule has 25 heavy (non-hydrogen) atoms. The molecule has 0 bridgehead atoms. The number of ketones is 1. The van der Waals surface area contributed by atoms with E-state index < -0.39 is 0 Å². The zero-order valence-corrected chi connectivity index (χ0v) is 14.3. The molecule has 6 nitrogen and oxygen atoms in total.